The molecule has 3 amide bonds. The third kappa shape index (κ3) is 5.77. The number of aromatic nitrogens is 1. The highest BCUT2D eigenvalue weighted by Crippen LogP contribution is 2.28. The van der Waals surface area contributed by atoms with Gasteiger partial charge in [0, 0.05) is 38.2 Å². The fraction of sp³-hybridized carbons (Fsp3) is 0.600. The van der Waals surface area contributed by atoms with Crippen LogP contribution in [0.15, 0.2) is 18.3 Å². The van der Waals surface area contributed by atoms with Crippen LogP contribution in [0.2, 0.25) is 0 Å². The van der Waals surface area contributed by atoms with Gasteiger partial charge in [0.05, 0.1) is 5.92 Å². The van der Waals surface area contributed by atoms with E-state index >= 15 is 0 Å². The van der Waals surface area contributed by atoms with Gasteiger partial charge >= 0.3 is 0 Å². The molecular weight excluding hydrogens is 344 g/mol. The van der Waals surface area contributed by atoms with Gasteiger partial charge in [-0.05, 0) is 50.7 Å². The largest absolute Gasteiger partial charge is 0.356 e. The summed E-state index contributed by atoms with van der Waals surface area (Å²) in [5, 5.41) is 5.72. The molecule has 0 spiro atoms. The van der Waals surface area contributed by atoms with Crippen molar-refractivity contribution in [2.75, 3.05) is 25.0 Å². The van der Waals surface area contributed by atoms with Gasteiger partial charge in [0.25, 0.3) is 0 Å². The van der Waals surface area contributed by atoms with Crippen LogP contribution in [-0.4, -0.2) is 47.2 Å². The summed E-state index contributed by atoms with van der Waals surface area (Å²) >= 11 is 0. The van der Waals surface area contributed by atoms with Crippen LogP contribution in [0.5, 0.6) is 0 Å². The normalized spacial score (nSPS) is 19.4. The van der Waals surface area contributed by atoms with E-state index in [1.54, 1.807) is 17.2 Å². The van der Waals surface area contributed by atoms with E-state index in [4.69, 9.17) is 0 Å². The van der Waals surface area contributed by atoms with E-state index in [0.717, 1.165) is 31.2 Å². The summed E-state index contributed by atoms with van der Waals surface area (Å²) in [7, 11) is 0. The Kier molecular flexibility index (Phi) is 6.42. The zero-order chi connectivity index (χ0) is 19.2. The van der Waals surface area contributed by atoms with Crippen LogP contribution in [-0.2, 0) is 14.4 Å². The summed E-state index contributed by atoms with van der Waals surface area (Å²) in [5.74, 6) is 0.620. The SMILES string of the molecule is Cc1ccc(NC(=O)[C@H]2CCCN(C(=O)CCCNC(=O)C3CC3)C2)nc1. The van der Waals surface area contributed by atoms with Crippen molar-refractivity contribution in [1.82, 2.24) is 15.2 Å². The lowest BCUT2D eigenvalue weighted by molar-refractivity contribution is -0.135. The number of nitrogens with zero attached hydrogens (tertiary/aromatic N) is 2. The van der Waals surface area contributed by atoms with Gasteiger partial charge in [-0.3, -0.25) is 14.4 Å². The minimum atomic E-state index is -0.208. The van der Waals surface area contributed by atoms with Gasteiger partial charge in [0.1, 0.15) is 5.82 Å². The number of anilines is 1. The molecule has 7 nitrogen and oxygen atoms in total. The second kappa shape index (κ2) is 8.97. The van der Waals surface area contributed by atoms with Crippen LogP contribution in [0.25, 0.3) is 0 Å². The van der Waals surface area contributed by atoms with Gasteiger partial charge in [-0.25, -0.2) is 4.98 Å². The Balaban J connectivity index is 1.40. The third-order valence-corrected chi connectivity index (χ3v) is 5.12. The maximum atomic E-state index is 12.5. The van der Waals surface area contributed by atoms with Crippen molar-refractivity contribution in [2.45, 2.75) is 45.4 Å². The maximum absolute atomic E-state index is 12.5. The molecule has 1 aromatic rings. The van der Waals surface area contributed by atoms with Crippen LogP contribution in [0.3, 0.4) is 0 Å². The molecule has 2 heterocycles. The Morgan fingerprint density at radius 2 is 1.96 bits per heavy atom. The lowest BCUT2D eigenvalue weighted by Crippen LogP contribution is -2.44. The lowest BCUT2D eigenvalue weighted by Gasteiger charge is -2.32. The summed E-state index contributed by atoms with van der Waals surface area (Å²) in [5.41, 5.74) is 1.04. The summed E-state index contributed by atoms with van der Waals surface area (Å²) < 4.78 is 0. The van der Waals surface area contributed by atoms with E-state index in [0.29, 0.717) is 38.3 Å². The van der Waals surface area contributed by atoms with Crippen molar-refractivity contribution in [3.05, 3.63) is 23.9 Å². The van der Waals surface area contributed by atoms with Crippen LogP contribution in [0, 0.1) is 18.8 Å². The number of likely N-dealkylation sites (tertiary alicyclic amines) is 1. The molecule has 2 N–H and O–H groups in total. The number of aryl methyl sites for hydroxylation is 1. The molecule has 146 valence electrons. The van der Waals surface area contributed by atoms with Crippen molar-refractivity contribution in [1.29, 1.82) is 0 Å². The standard InChI is InChI=1S/C20H28N4O3/c1-14-6-9-17(22-12-14)23-20(27)16-4-3-11-24(13-16)18(25)5-2-10-21-19(26)15-7-8-15/h6,9,12,15-16H,2-5,7-8,10-11,13H2,1H3,(H,21,26)(H,22,23,27)/t16-/m0/s1. The molecule has 1 aliphatic heterocycles. The predicted octanol–water partition coefficient (Wildman–Crippen LogP) is 1.87. The predicted molar refractivity (Wildman–Crippen MR) is 102 cm³/mol. The number of piperidine rings is 1. The van der Waals surface area contributed by atoms with E-state index in [2.05, 4.69) is 15.6 Å². The zero-order valence-electron chi connectivity index (χ0n) is 15.9. The molecule has 1 saturated heterocycles. The molecule has 0 radical (unpaired) electrons. The maximum Gasteiger partial charge on any atom is 0.230 e. The molecule has 0 aromatic carbocycles. The first-order valence-corrected chi connectivity index (χ1v) is 9.82. The van der Waals surface area contributed by atoms with Crippen molar-refractivity contribution < 1.29 is 14.4 Å². The highest BCUT2D eigenvalue weighted by molar-refractivity contribution is 5.92. The molecule has 3 rings (SSSR count). The number of carbonyl (C=O) groups excluding carboxylic acids is 3. The van der Waals surface area contributed by atoms with Crippen molar-refractivity contribution >= 4 is 23.5 Å². The molecule has 27 heavy (non-hydrogen) atoms. The van der Waals surface area contributed by atoms with E-state index < -0.39 is 0 Å². The molecule has 2 aliphatic rings. The fourth-order valence-corrected chi connectivity index (χ4v) is 3.29. The van der Waals surface area contributed by atoms with E-state index in [1.165, 1.54) is 0 Å². The van der Waals surface area contributed by atoms with Gasteiger partial charge < -0.3 is 15.5 Å². The van der Waals surface area contributed by atoms with E-state index in [-0.39, 0.29) is 29.6 Å². The molecule has 2 fully saturated rings. The Hall–Kier alpha value is -2.44. The minimum absolute atomic E-state index is 0.0571. The average Bonchev–Trinajstić information content (AvgIpc) is 3.52. The first-order valence-electron chi connectivity index (χ1n) is 9.82. The monoisotopic (exact) mass is 372 g/mol. The zero-order valence-corrected chi connectivity index (χ0v) is 15.9. The smallest absolute Gasteiger partial charge is 0.230 e. The molecule has 0 bridgehead atoms. The van der Waals surface area contributed by atoms with Gasteiger partial charge in [0.2, 0.25) is 17.7 Å². The molecule has 1 aliphatic carbocycles. The third-order valence-electron chi connectivity index (χ3n) is 5.12. The van der Waals surface area contributed by atoms with Crippen LogP contribution in [0.1, 0.15) is 44.1 Å². The minimum Gasteiger partial charge on any atom is -0.356 e. The molecule has 1 atom stereocenters. The molecule has 1 aromatic heterocycles. The quantitative estimate of drug-likeness (QED) is 0.715. The topological polar surface area (TPSA) is 91.4 Å². The summed E-state index contributed by atoms with van der Waals surface area (Å²) in [6.45, 7) is 3.63. The second-order valence-electron chi connectivity index (χ2n) is 7.56. The van der Waals surface area contributed by atoms with Crippen molar-refractivity contribution in [2.24, 2.45) is 11.8 Å². The summed E-state index contributed by atoms with van der Waals surface area (Å²) in [6, 6.07) is 3.69. The van der Waals surface area contributed by atoms with Crippen LogP contribution >= 0.6 is 0 Å². The van der Waals surface area contributed by atoms with Crippen molar-refractivity contribution in [3.63, 3.8) is 0 Å². The first-order chi connectivity index (χ1) is 13.0. The number of amides is 3. The molecule has 7 heteroatoms. The summed E-state index contributed by atoms with van der Waals surface area (Å²) in [4.78, 5) is 42.5. The number of hydrogen-bond acceptors (Lipinski definition) is 4. The van der Waals surface area contributed by atoms with Gasteiger partial charge in [0.15, 0.2) is 0 Å². The van der Waals surface area contributed by atoms with E-state index in [9.17, 15) is 14.4 Å². The van der Waals surface area contributed by atoms with Gasteiger partial charge in [-0.2, -0.15) is 0 Å². The highest BCUT2D eigenvalue weighted by Gasteiger charge is 2.30. The van der Waals surface area contributed by atoms with Crippen LogP contribution < -0.4 is 10.6 Å². The highest BCUT2D eigenvalue weighted by atomic mass is 16.2. The lowest BCUT2D eigenvalue weighted by atomic mass is 9.96. The Labute approximate surface area is 159 Å². The Bertz CT molecular complexity index is 685. The van der Waals surface area contributed by atoms with Crippen molar-refractivity contribution in [3.8, 4) is 0 Å². The Morgan fingerprint density at radius 3 is 2.67 bits per heavy atom. The molecule has 0 unspecified atom stereocenters. The van der Waals surface area contributed by atoms with Crippen LogP contribution in [0.4, 0.5) is 5.82 Å². The molecular formula is C20H28N4O3. The van der Waals surface area contributed by atoms with Gasteiger partial charge in [-0.15, -0.1) is 0 Å². The first kappa shape index (κ1) is 19.3. The number of rotatable bonds is 7. The number of pyridine rings is 1. The molecule has 1 saturated carbocycles. The number of nitrogens with one attached hydrogen (secondary N) is 2. The summed E-state index contributed by atoms with van der Waals surface area (Å²) in [6.07, 6.45) is 6.33. The number of hydrogen-bond donors (Lipinski definition) is 2. The van der Waals surface area contributed by atoms with E-state index in [1.807, 2.05) is 13.0 Å². The Morgan fingerprint density at radius 1 is 1.15 bits per heavy atom. The fourth-order valence-electron chi connectivity index (χ4n) is 3.29. The number of carbonyl (C=O) groups is 3. The second-order valence-corrected chi connectivity index (χ2v) is 7.56. The van der Waals surface area contributed by atoms with Gasteiger partial charge in [-0.1, -0.05) is 6.07 Å². The average molecular weight is 372 g/mol.